The zero-order valence-electron chi connectivity index (χ0n) is 14.7. The average molecular weight is 362 g/mol. The summed E-state index contributed by atoms with van der Waals surface area (Å²) < 4.78 is 30.9. The van der Waals surface area contributed by atoms with E-state index in [1.54, 1.807) is 12.1 Å². The van der Waals surface area contributed by atoms with Crippen molar-refractivity contribution in [2.45, 2.75) is 38.2 Å². The summed E-state index contributed by atoms with van der Waals surface area (Å²) in [4.78, 5) is 6.72. The highest BCUT2D eigenvalue weighted by atomic mass is 19.1. The molecule has 4 rings (SSSR count). The second-order valence-electron chi connectivity index (χ2n) is 6.68. The zero-order chi connectivity index (χ0) is 17.9. The Kier molecular flexibility index (Phi) is 5.14. The maximum absolute atomic E-state index is 13.0. The molecule has 2 aromatic rings. The number of aromatic amines is 1. The third-order valence-electron chi connectivity index (χ3n) is 4.67. The highest BCUT2D eigenvalue weighted by Crippen LogP contribution is 2.23. The maximum Gasteiger partial charge on any atom is 0.150 e. The molecule has 0 saturated carbocycles. The Hall–Kier alpha value is -2.03. The molecular weight excluding hydrogens is 339 g/mol. The fourth-order valence-electron chi connectivity index (χ4n) is 3.33. The van der Waals surface area contributed by atoms with Crippen LogP contribution in [-0.2, 0) is 22.4 Å². The number of benzene rings is 1. The molecule has 0 aliphatic carbocycles. The van der Waals surface area contributed by atoms with Gasteiger partial charge in [-0.25, -0.2) is 9.37 Å². The van der Waals surface area contributed by atoms with Crippen LogP contribution in [0.4, 0.5) is 4.39 Å². The van der Waals surface area contributed by atoms with Crippen LogP contribution in [0.3, 0.4) is 0 Å². The average Bonchev–Trinajstić information content (AvgIpc) is 3.21. The Morgan fingerprint density at radius 1 is 1.19 bits per heavy atom. The Bertz CT molecular complexity index is 707. The van der Waals surface area contributed by atoms with Crippen molar-refractivity contribution in [2.24, 2.45) is 0 Å². The van der Waals surface area contributed by atoms with Gasteiger partial charge in [-0.2, -0.15) is 5.10 Å². The Morgan fingerprint density at radius 2 is 1.88 bits per heavy atom. The summed E-state index contributed by atoms with van der Waals surface area (Å²) in [5, 5.41) is 7.16. The molecule has 1 aromatic carbocycles. The van der Waals surface area contributed by atoms with Gasteiger partial charge in [-0.05, 0) is 24.3 Å². The lowest BCUT2D eigenvalue weighted by Gasteiger charge is -2.18. The number of rotatable bonds is 5. The second-order valence-corrected chi connectivity index (χ2v) is 6.68. The highest BCUT2D eigenvalue weighted by molar-refractivity contribution is 5.22. The molecule has 3 heterocycles. The van der Waals surface area contributed by atoms with E-state index in [1.165, 1.54) is 12.1 Å². The lowest BCUT2D eigenvalue weighted by molar-refractivity contribution is -0.00461. The number of ether oxygens (including phenoxy) is 3. The number of halogens is 1. The van der Waals surface area contributed by atoms with Gasteiger partial charge < -0.3 is 14.2 Å². The van der Waals surface area contributed by atoms with Gasteiger partial charge in [-0.15, -0.1) is 0 Å². The van der Waals surface area contributed by atoms with Crippen LogP contribution in [0.25, 0.3) is 0 Å². The van der Waals surface area contributed by atoms with Crippen molar-refractivity contribution in [3.05, 3.63) is 41.7 Å². The largest absolute Gasteiger partial charge is 0.486 e. The van der Waals surface area contributed by atoms with Crippen LogP contribution < -0.4 is 4.74 Å². The number of hydrogen-bond donors (Lipinski definition) is 1. The molecule has 0 radical (unpaired) electrons. The molecular formula is C18H23FN4O3. The summed E-state index contributed by atoms with van der Waals surface area (Å²) >= 11 is 0. The SMILES string of the molecule is CCc1n[nH]c(CN2C[C@@H]3OCC(Oc4ccc(F)cc4)CO[C@H]3C2)n1. The fraction of sp³-hybridized carbons (Fsp3) is 0.556. The first-order valence-corrected chi connectivity index (χ1v) is 8.97. The fourth-order valence-corrected chi connectivity index (χ4v) is 3.33. The van der Waals surface area contributed by atoms with Gasteiger partial charge >= 0.3 is 0 Å². The minimum absolute atomic E-state index is 0.0189. The number of nitrogens with one attached hydrogen (secondary N) is 1. The van der Waals surface area contributed by atoms with Crippen LogP contribution in [0.2, 0.25) is 0 Å². The Morgan fingerprint density at radius 3 is 2.50 bits per heavy atom. The monoisotopic (exact) mass is 362 g/mol. The predicted octanol–water partition coefficient (Wildman–Crippen LogP) is 1.55. The van der Waals surface area contributed by atoms with Crippen molar-refractivity contribution >= 4 is 0 Å². The molecule has 26 heavy (non-hydrogen) atoms. The molecule has 2 saturated heterocycles. The molecule has 7 nitrogen and oxygen atoms in total. The summed E-state index contributed by atoms with van der Waals surface area (Å²) in [7, 11) is 0. The van der Waals surface area contributed by atoms with E-state index in [9.17, 15) is 4.39 Å². The number of likely N-dealkylation sites (tertiary alicyclic amines) is 1. The number of aryl methyl sites for hydroxylation is 1. The van der Waals surface area contributed by atoms with Gasteiger partial charge in [0.05, 0.1) is 32.0 Å². The number of fused-ring (bicyclic) bond motifs is 1. The van der Waals surface area contributed by atoms with Gasteiger partial charge in [-0.1, -0.05) is 6.92 Å². The van der Waals surface area contributed by atoms with E-state index >= 15 is 0 Å². The summed E-state index contributed by atoms with van der Waals surface area (Å²) in [6, 6.07) is 6.00. The van der Waals surface area contributed by atoms with E-state index in [-0.39, 0.29) is 24.1 Å². The van der Waals surface area contributed by atoms with Crippen LogP contribution in [0.5, 0.6) is 5.75 Å². The van der Waals surface area contributed by atoms with Crippen LogP contribution in [0.15, 0.2) is 24.3 Å². The summed E-state index contributed by atoms with van der Waals surface area (Å²) in [6.45, 7) is 5.23. The molecule has 1 N–H and O–H groups in total. The molecule has 2 aliphatic rings. The van der Waals surface area contributed by atoms with Crippen LogP contribution in [-0.4, -0.2) is 64.7 Å². The van der Waals surface area contributed by atoms with E-state index < -0.39 is 0 Å². The molecule has 0 spiro atoms. The first kappa shape index (κ1) is 17.4. The van der Waals surface area contributed by atoms with Gasteiger partial charge in [0.1, 0.15) is 29.3 Å². The second kappa shape index (κ2) is 7.69. The lowest BCUT2D eigenvalue weighted by Crippen LogP contribution is -2.29. The third-order valence-corrected chi connectivity index (χ3v) is 4.67. The molecule has 2 atom stereocenters. The normalized spacial score (nSPS) is 24.4. The minimum atomic E-state index is -0.279. The van der Waals surface area contributed by atoms with Crippen LogP contribution in [0, 0.1) is 5.82 Å². The number of H-pyrrole nitrogens is 1. The number of hydrogen-bond acceptors (Lipinski definition) is 6. The van der Waals surface area contributed by atoms with Crippen molar-refractivity contribution in [1.29, 1.82) is 0 Å². The van der Waals surface area contributed by atoms with E-state index in [0.29, 0.717) is 25.5 Å². The van der Waals surface area contributed by atoms with Gasteiger partial charge in [0, 0.05) is 19.5 Å². The lowest BCUT2D eigenvalue weighted by atomic mass is 10.3. The van der Waals surface area contributed by atoms with E-state index in [4.69, 9.17) is 14.2 Å². The Balaban J connectivity index is 1.29. The maximum atomic E-state index is 13.0. The quantitative estimate of drug-likeness (QED) is 0.870. The molecule has 2 fully saturated rings. The summed E-state index contributed by atoms with van der Waals surface area (Å²) in [5.74, 6) is 2.05. The number of aromatic nitrogens is 3. The smallest absolute Gasteiger partial charge is 0.150 e. The zero-order valence-corrected chi connectivity index (χ0v) is 14.7. The van der Waals surface area contributed by atoms with Crippen molar-refractivity contribution in [3.63, 3.8) is 0 Å². The van der Waals surface area contributed by atoms with E-state index in [2.05, 4.69) is 20.1 Å². The van der Waals surface area contributed by atoms with Gasteiger partial charge in [0.15, 0.2) is 0 Å². The molecule has 140 valence electrons. The van der Waals surface area contributed by atoms with Crippen LogP contribution >= 0.6 is 0 Å². The van der Waals surface area contributed by atoms with Gasteiger partial charge in [0.25, 0.3) is 0 Å². The van der Waals surface area contributed by atoms with E-state index in [0.717, 1.165) is 31.2 Å². The van der Waals surface area contributed by atoms with Crippen molar-refractivity contribution in [1.82, 2.24) is 20.1 Å². The van der Waals surface area contributed by atoms with Crippen molar-refractivity contribution in [3.8, 4) is 5.75 Å². The molecule has 0 bridgehead atoms. The van der Waals surface area contributed by atoms with Gasteiger partial charge in [-0.3, -0.25) is 10.00 Å². The highest BCUT2D eigenvalue weighted by Gasteiger charge is 2.38. The van der Waals surface area contributed by atoms with Crippen LogP contribution in [0.1, 0.15) is 18.6 Å². The van der Waals surface area contributed by atoms with E-state index in [1.807, 2.05) is 6.92 Å². The predicted molar refractivity (Wildman–Crippen MR) is 91.3 cm³/mol. The first-order valence-electron chi connectivity index (χ1n) is 8.97. The standard InChI is InChI=1S/C18H23FN4O3/c1-2-17-20-18(22-21-17)9-23-7-15-16(8-23)25-11-14(10-24-15)26-13-5-3-12(19)4-6-13/h3-6,14-16H,2,7-11H2,1H3,(H,20,21,22)/t15-,16-/m0/s1. The molecule has 2 aliphatic heterocycles. The van der Waals surface area contributed by atoms with Crippen molar-refractivity contribution in [2.75, 3.05) is 26.3 Å². The Labute approximate surface area is 151 Å². The topological polar surface area (TPSA) is 72.5 Å². The first-order chi connectivity index (χ1) is 12.7. The third kappa shape index (κ3) is 4.03. The molecule has 1 aromatic heterocycles. The summed E-state index contributed by atoms with van der Waals surface area (Å²) in [6.07, 6.45) is 0.667. The van der Waals surface area contributed by atoms with Gasteiger partial charge in [0.2, 0.25) is 0 Å². The summed E-state index contributed by atoms with van der Waals surface area (Å²) in [5.41, 5.74) is 0. The number of nitrogens with zero attached hydrogens (tertiary/aromatic N) is 3. The molecule has 0 amide bonds. The minimum Gasteiger partial charge on any atom is -0.486 e. The van der Waals surface area contributed by atoms with Crippen molar-refractivity contribution < 1.29 is 18.6 Å². The molecule has 8 heteroatoms. The molecule has 0 unspecified atom stereocenters.